The summed E-state index contributed by atoms with van der Waals surface area (Å²) in [6, 6.07) is 4.39. The van der Waals surface area contributed by atoms with Crippen LogP contribution in [0.2, 0.25) is 5.15 Å². The molecule has 1 aromatic heterocycles. The molecular formula is C14H22ClN3. The number of anilines is 1. The average molecular weight is 268 g/mol. The molecule has 1 saturated heterocycles. The van der Waals surface area contributed by atoms with E-state index < -0.39 is 0 Å². The summed E-state index contributed by atoms with van der Waals surface area (Å²) < 4.78 is 0. The first-order chi connectivity index (χ1) is 8.63. The summed E-state index contributed by atoms with van der Waals surface area (Å²) in [6.07, 6.45) is 4.22. The van der Waals surface area contributed by atoms with Crippen LogP contribution in [0.4, 0.5) is 5.69 Å². The van der Waals surface area contributed by atoms with Crippen LogP contribution in [0.1, 0.15) is 26.7 Å². The van der Waals surface area contributed by atoms with Crippen molar-refractivity contribution in [3.63, 3.8) is 0 Å². The molecule has 1 aliphatic rings. The number of nitrogens with one attached hydrogen (secondary N) is 1. The Morgan fingerprint density at radius 1 is 1.39 bits per heavy atom. The maximum Gasteiger partial charge on any atom is 0.129 e. The summed E-state index contributed by atoms with van der Waals surface area (Å²) in [5.74, 6) is 0.759. The lowest BCUT2D eigenvalue weighted by atomic mass is 10.0. The molecule has 1 fully saturated rings. The van der Waals surface area contributed by atoms with Crippen molar-refractivity contribution >= 4 is 17.3 Å². The highest BCUT2D eigenvalue weighted by Gasteiger charge is 2.19. The molecule has 2 heterocycles. The fourth-order valence-corrected chi connectivity index (χ4v) is 2.58. The molecule has 4 heteroatoms. The number of halogens is 1. The summed E-state index contributed by atoms with van der Waals surface area (Å²) in [4.78, 5) is 6.65. The van der Waals surface area contributed by atoms with E-state index in [1.165, 1.54) is 32.5 Å². The molecule has 0 aromatic carbocycles. The molecule has 3 nitrogen and oxygen atoms in total. The van der Waals surface area contributed by atoms with Gasteiger partial charge in [-0.05, 0) is 30.9 Å². The third-order valence-electron chi connectivity index (χ3n) is 3.31. The number of aromatic nitrogens is 1. The Bertz CT molecular complexity index is 356. The molecular weight excluding hydrogens is 246 g/mol. The van der Waals surface area contributed by atoms with Crippen molar-refractivity contribution in [2.75, 3.05) is 25.0 Å². The van der Waals surface area contributed by atoms with Gasteiger partial charge < -0.3 is 10.2 Å². The van der Waals surface area contributed by atoms with Crippen molar-refractivity contribution < 1.29 is 0 Å². The molecule has 100 valence electrons. The molecule has 1 aromatic rings. The highest BCUT2D eigenvalue weighted by Crippen LogP contribution is 2.17. The van der Waals surface area contributed by atoms with Gasteiger partial charge in [0.15, 0.2) is 0 Å². The normalized spacial score (nSPS) is 18.2. The monoisotopic (exact) mass is 267 g/mol. The van der Waals surface area contributed by atoms with Gasteiger partial charge in [0.2, 0.25) is 0 Å². The predicted molar refractivity (Wildman–Crippen MR) is 77.2 cm³/mol. The molecule has 1 N–H and O–H groups in total. The third-order valence-corrected chi connectivity index (χ3v) is 3.53. The number of piperidine rings is 1. The number of nitrogens with zero attached hydrogens (tertiary/aromatic N) is 2. The zero-order chi connectivity index (χ0) is 13.0. The smallest absolute Gasteiger partial charge is 0.129 e. The first-order valence-electron chi connectivity index (χ1n) is 6.74. The Labute approximate surface area is 115 Å². The molecule has 0 radical (unpaired) electrons. The molecule has 0 saturated carbocycles. The quantitative estimate of drug-likeness (QED) is 0.849. The van der Waals surface area contributed by atoms with Crippen molar-refractivity contribution in [1.29, 1.82) is 0 Å². The van der Waals surface area contributed by atoms with Gasteiger partial charge in [0.1, 0.15) is 5.15 Å². The van der Waals surface area contributed by atoms with Crippen LogP contribution in [-0.4, -0.2) is 35.6 Å². The van der Waals surface area contributed by atoms with E-state index in [2.05, 4.69) is 29.0 Å². The Morgan fingerprint density at radius 2 is 2.11 bits per heavy atom. The highest BCUT2D eigenvalue weighted by molar-refractivity contribution is 6.29. The van der Waals surface area contributed by atoms with Crippen LogP contribution in [0.15, 0.2) is 18.3 Å². The number of hydrogen-bond acceptors (Lipinski definition) is 3. The van der Waals surface area contributed by atoms with E-state index in [0.29, 0.717) is 11.2 Å². The van der Waals surface area contributed by atoms with Crippen molar-refractivity contribution in [1.82, 2.24) is 9.88 Å². The summed E-state index contributed by atoms with van der Waals surface area (Å²) in [7, 11) is 0. The second kappa shape index (κ2) is 6.39. The zero-order valence-electron chi connectivity index (χ0n) is 11.2. The van der Waals surface area contributed by atoms with E-state index in [0.717, 1.165) is 11.6 Å². The predicted octanol–water partition coefficient (Wildman–Crippen LogP) is 3.27. The lowest BCUT2D eigenvalue weighted by Crippen LogP contribution is -2.40. The van der Waals surface area contributed by atoms with Gasteiger partial charge in [-0.15, -0.1) is 0 Å². The van der Waals surface area contributed by atoms with E-state index in [1.807, 2.05) is 18.3 Å². The highest BCUT2D eigenvalue weighted by atomic mass is 35.5. The molecule has 0 unspecified atom stereocenters. The number of likely N-dealkylation sites (tertiary alicyclic amines) is 1. The zero-order valence-corrected chi connectivity index (χ0v) is 12.0. The minimum Gasteiger partial charge on any atom is -0.381 e. The molecule has 2 rings (SSSR count). The van der Waals surface area contributed by atoms with Gasteiger partial charge in [0, 0.05) is 25.7 Å². The van der Waals surface area contributed by atoms with Gasteiger partial charge in [-0.3, -0.25) is 0 Å². The van der Waals surface area contributed by atoms with Gasteiger partial charge in [0.25, 0.3) is 0 Å². The Kier molecular flexibility index (Phi) is 4.84. The maximum atomic E-state index is 5.78. The lowest BCUT2D eigenvalue weighted by molar-refractivity contribution is 0.198. The third kappa shape index (κ3) is 4.14. The van der Waals surface area contributed by atoms with E-state index in [-0.39, 0.29) is 0 Å². The van der Waals surface area contributed by atoms with E-state index >= 15 is 0 Å². The fraction of sp³-hybridized carbons (Fsp3) is 0.643. The average Bonchev–Trinajstić information content (AvgIpc) is 2.34. The van der Waals surface area contributed by atoms with Gasteiger partial charge in [-0.25, -0.2) is 4.98 Å². The first-order valence-corrected chi connectivity index (χ1v) is 7.11. The molecule has 18 heavy (non-hydrogen) atoms. The van der Waals surface area contributed by atoms with Crippen LogP contribution >= 0.6 is 11.6 Å². The molecule has 0 spiro atoms. The van der Waals surface area contributed by atoms with Crippen molar-refractivity contribution in [3.8, 4) is 0 Å². The van der Waals surface area contributed by atoms with Crippen LogP contribution in [0.25, 0.3) is 0 Å². The molecule has 0 amide bonds. The maximum absolute atomic E-state index is 5.78. The van der Waals surface area contributed by atoms with Gasteiger partial charge in [-0.1, -0.05) is 25.4 Å². The summed E-state index contributed by atoms with van der Waals surface area (Å²) >= 11 is 5.78. The Hall–Kier alpha value is -0.800. The Balaban J connectivity index is 1.78. The van der Waals surface area contributed by atoms with E-state index in [1.54, 1.807) is 0 Å². The molecule has 1 aliphatic heterocycles. The van der Waals surface area contributed by atoms with E-state index in [9.17, 15) is 0 Å². The summed E-state index contributed by atoms with van der Waals surface area (Å²) in [5.41, 5.74) is 1.07. The standard InChI is InChI=1S/C14H22ClN3/c1-11(2)10-18-7-5-12(6-8-18)17-13-3-4-14(15)16-9-13/h3-4,9,11-12,17H,5-8,10H2,1-2H3. The Morgan fingerprint density at radius 3 is 2.67 bits per heavy atom. The van der Waals surface area contributed by atoms with Crippen molar-refractivity contribution in [3.05, 3.63) is 23.5 Å². The number of pyridine rings is 1. The van der Waals surface area contributed by atoms with Crippen LogP contribution < -0.4 is 5.32 Å². The second-order valence-corrected chi connectivity index (χ2v) is 5.87. The van der Waals surface area contributed by atoms with Crippen LogP contribution in [0.5, 0.6) is 0 Å². The lowest BCUT2D eigenvalue weighted by Gasteiger charge is -2.33. The SMILES string of the molecule is CC(C)CN1CCC(Nc2ccc(Cl)nc2)CC1. The first kappa shape index (κ1) is 13.6. The molecule has 0 atom stereocenters. The van der Waals surface area contributed by atoms with Gasteiger partial charge in [-0.2, -0.15) is 0 Å². The van der Waals surface area contributed by atoms with Gasteiger partial charge >= 0.3 is 0 Å². The molecule has 0 bridgehead atoms. The minimum atomic E-state index is 0.548. The van der Waals surface area contributed by atoms with Crippen molar-refractivity contribution in [2.24, 2.45) is 5.92 Å². The fourth-order valence-electron chi connectivity index (χ4n) is 2.47. The van der Waals surface area contributed by atoms with Crippen molar-refractivity contribution in [2.45, 2.75) is 32.7 Å². The largest absolute Gasteiger partial charge is 0.381 e. The topological polar surface area (TPSA) is 28.2 Å². The van der Waals surface area contributed by atoms with Gasteiger partial charge in [0.05, 0.1) is 11.9 Å². The van der Waals surface area contributed by atoms with Crippen LogP contribution in [0, 0.1) is 5.92 Å². The number of rotatable bonds is 4. The summed E-state index contributed by atoms with van der Waals surface area (Å²) in [5, 5.41) is 4.08. The second-order valence-electron chi connectivity index (χ2n) is 5.48. The summed E-state index contributed by atoms with van der Waals surface area (Å²) in [6.45, 7) is 8.16. The van der Waals surface area contributed by atoms with Crippen LogP contribution in [-0.2, 0) is 0 Å². The minimum absolute atomic E-state index is 0.548. The number of hydrogen-bond donors (Lipinski definition) is 1. The van der Waals surface area contributed by atoms with Crippen LogP contribution in [0.3, 0.4) is 0 Å². The molecule has 0 aliphatic carbocycles. The van der Waals surface area contributed by atoms with E-state index in [4.69, 9.17) is 11.6 Å².